The number of hydrogen-bond acceptors (Lipinski definition) is 3. The summed E-state index contributed by atoms with van der Waals surface area (Å²) in [6.07, 6.45) is 5.69. The second-order valence-corrected chi connectivity index (χ2v) is 7.04. The van der Waals surface area contributed by atoms with E-state index in [1.54, 1.807) is 0 Å². The molecule has 1 fully saturated rings. The molecular weight excluding hydrogens is 354 g/mol. The molecule has 5 heteroatoms. The van der Waals surface area contributed by atoms with Crippen molar-refractivity contribution in [2.24, 2.45) is 5.92 Å². The number of carbonyl (C=O) groups is 1. The van der Waals surface area contributed by atoms with Gasteiger partial charge in [0.2, 0.25) is 0 Å². The molecule has 1 aliphatic carbocycles. The second kappa shape index (κ2) is 7.01. The van der Waals surface area contributed by atoms with Crippen molar-refractivity contribution < 1.29 is 9.53 Å². The van der Waals surface area contributed by atoms with E-state index in [1.807, 2.05) is 25.1 Å². The number of carbonyl (C=O) groups excluding carboxylic acids is 1. The van der Waals surface area contributed by atoms with Crippen molar-refractivity contribution in [3.63, 3.8) is 0 Å². The Morgan fingerprint density at radius 2 is 2.05 bits per heavy atom. The van der Waals surface area contributed by atoms with Crippen molar-refractivity contribution in [1.29, 1.82) is 0 Å². The molecule has 0 radical (unpaired) electrons. The SMILES string of the molecule is COC(=O)C(C)(Nc1ccc(Cl)c(Br)c1)C1CCCCC1. The predicted molar refractivity (Wildman–Crippen MR) is 89.8 cm³/mol. The van der Waals surface area contributed by atoms with Gasteiger partial charge in [-0.2, -0.15) is 0 Å². The molecule has 0 bridgehead atoms. The quantitative estimate of drug-likeness (QED) is 0.751. The van der Waals surface area contributed by atoms with Crippen LogP contribution >= 0.6 is 27.5 Å². The van der Waals surface area contributed by atoms with E-state index < -0.39 is 5.54 Å². The Morgan fingerprint density at radius 3 is 2.62 bits per heavy atom. The van der Waals surface area contributed by atoms with Gasteiger partial charge in [0.25, 0.3) is 0 Å². The summed E-state index contributed by atoms with van der Waals surface area (Å²) in [6.45, 7) is 1.94. The fraction of sp³-hybridized carbons (Fsp3) is 0.562. The van der Waals surface area contributed by atoms with Crippen molar-refractivity contribution in [3.05, 3.63) is 27.7 Å². The molecule has 21 heavy (non-hydrogen) atoms. The van der Waals surface area contributed by atoms with E-state index >= 15 is 0 Å². The summed E-state index contributed by atoms with van der Waals surface area (Å²) >= 11 is 9.44. The molecule has 0 aliphatic heterocycles. The summed E-state index contributed by atoms with van der Waals surface area (Å²) in [5, 5.41) is 4.03. The van der Waals surface area contributed by atoms with Crippen LogP contribution in [0.3, 0.4) is 0 Å². The number of esters is 1. The van der Waals surface area contributed by atoms with Gasteiger partial charge in [-0.3, -0.25) is 0 Å². The van der Waals surface area contributed by atoms with E-state index in [-0.39, 0.29) is 11.9 Å². The number of hydrogen-bond donors (Lipinski definition) is 1. The van der Waals surface area contributed by atoms with Crippen molar-refractivity contribution in [3.8, 4) is 0 Å². The zero-order valence-electron chi connectivity index (χ0n) is 12.4. The van der Waals surface area contributed by atoms with Gasteiger partial charge in [0.05, 0.1) is 12.1 Å². The van der Waals surface area contributed by atoms with Gasteiger partial charge in [-0.15, -0.1) is 0 Å². The first-order valence-electron chi connectivity index (χ1n) is 7.29. The minimum Gasteiger partial charge on any atom is -0.467 e. The Bertz CT molecular complexity index is 517. The number of benzene rings is 1. The summed E-state index contributed by atoms with van der Waals surface area (Å²) < 4.78 is 5.87. The summed E-state index contributed by atoms with van der Waals surface area (Å²) in [5.41, 5.74) is 0.160. The zero-order valence-corrected chi connectivity index (χ0v) is 14.8. The third-order valence-electron chi connectivity index (χ3n) is 4.35. The van der Waals surface area contributed by atoms with E-state index in [0.29, 0.717) is 5.02 Å². The molecule has 1 N–H and O–H groups in total. The zero-order chi connectivity index (χ0) is 15.5. The molecule has 1 unspecified atom stereocenters. The monoisotopic (exact) mass is 373 g/mol. The van der Waals surface area contributed by atoms with Crippen LogP contribution in [0.1, 0.15) is 39.0 Å². The van der Waals surface area contributed by atoms with Crippen LogP contribution in [0.4, 0.5) is 5.69 Å². The van der Waals surface area contributed by atoms with Gasteiger partial charge in [-0.1, -0.05) is 30.9 Å². The van der Waals surface area contributed by atoms with Crippen LogP contribution < -0.4 is 5.32 Å². The summed E-state index contributed by atoms with van der Waals surface area (Å²) in [7, 11) is 1.45. The van der Waals surface area contributed by atoms with Gasteiger partial charge in [0, 0.05) is 10.2 Å². The summed E-state index contributed by atoms with van der Waals surface area (Å²) in [6, 6.07) is 5.59. The molecule has 0 saturated heterocycles. The molecule has 1 aliphatic rings. The number of nitrogens with one attached hydrogen (secondary N) is 1. The highest BCUT2D eigenvalue weighted by Gasteiger charge is 2.42. The Kier molecular flexibility index (Phi) is 5.55. The molecule has 0 spiro atoms. The Hall–Kier alpha value is -0.740. The third-order valence-corrected chi connectivity index (χ3v) is 5.57. The van der Waals surface area contributed by atoms with Crippen molar-refractivity contribution in [1.82, 2.24) is 0 Å². The third kappa shape index (κ3) is 3.72. The number of anilines is 1. The van der Waals surface area contributed by atoms with E-state index in [1.165, 1.54) is 26.4 Å². The topological polar surface area (TPSA) is 38.3 Å². The molecule has 1 aromatic carbocycles. The van der Waals surface area contributed by atoms with Crippen LogP contribution in [-0.2, 0) is 9.53 Å². The minimum atomic E-state index is -0.706. The molecule has 1 atom stereocenters. The first-order valence-corrected chi connectivity index (χ1v) is 8.46. The highest BCUT2D eigenvalue weighted by atomic mass is 79.9. The average Bonchev–Trinajstić information content (AvgIpc) is 2.51. The van der Waals surface area contributed by atoms with Crippen LogP contribution in [0.25, 0.3) is 0 Å². The molecule has 1 saturated carbocycles. The fourth-order valence-electron chi connectivity index (χ4n) is 3.09. The number of halogens is 2. The van der Waals surface area contributed by atoms with E-state index in [2.05, 4.69) is 21.2 Å². The fourth-order valence-corrected chi connectivity index (χ4v) is 3.58. The van der Waals surface area contributed by atoms with Crippen LogP contribution in [0.2, 0.25) is 5.02 Å². The summed E-state index contributed by atoms with van der Waals surface area (Å²) in [5.74, 6) is 0.0774. The molecule has 1 aromatic rings. The maximum Gasteiger partial charge on any atom is 0.331 e. The number of ether oxygens (including phenoxy) is 1. The summed E-state index contributed by atoms with van der Waals surface area (Å²) in [4.78, 5) is 12.4. The Morgan fingerprint density at radius 1 is 1.38 bits per heavy atom. The maximum atomic E-state index is 12.4. The maximum absolute atomic E-state index is 12.4. The van der Waals surface area contributed by atoms with Crippen molar-refractivity contribution in [2.45, 2.75) is 44.6 Å². The molecule has 3 nitrogen and oxygen atoms in total. The lowest BCUT2D eigenvalue weighted by molar-refractivity contribution is -0.147. The first-order chi connectivity index (χ1) is 9.97. The van der Waals surface area contributed by atoms with Crippen LogP contribution in [0, 0.1) is 5.92 Å². The van der Waals surface area contributed by atoms with Gasteiger partial charge in [0.1, 0.15) is 5.54 Å². The van der Waals surface area contributed by atoms with Crippen molar-refractivity contribution >= 4 is 39.2 Å². The lowest BCUT2D eigenvalue weighted by Gasteiger charge is -2.38. The molecule has 2 rings (SSSR count). The standard InChI is InChI=1S/C16H21BrClNO2/c1-16(15(20)21-2,11-6-4-3-5-7-11)19-12-8-9-14(18)13(17)10-12/h8-11,19H,3-7H2,1-2H3. The Labute approximate surface area is 139 Å². The van der Waals surface area contributed by atoms with Gasteiger partial charge >= 0.3 is 5.97 Å². The molecular formula is C16H21BrClNO2. The average molecular weight is 375 g/mol. The first kappa shape index (κ1) is 16.6. The number of rotatable bonds is 4. The largest absolute Gasteiger partial charge is 0.467 e. The molecule has 0 heterocycles. The van der Waals surface area contributed by atoms with E-state index in [4.69, 9.17) is 16.3 Å². The van der Waals surface area contributed by atoms with Gasteiger partial charge < -0.3 is 10.1 Å². The highest BCUT2D eigenvalue weighted by Crippen LogP contribution is 2.36. The molecule has 116 valence electrons. The van der Waals surface area contributed by atoms with Gasteiger partial charge in [-0.25, -0.2) is 4.79 Å². The normalized spacial score (nSPS) is 18.9. The minimum absolute atomic E-state index is 0.208. The van der Waals surface area contributed by atoms with E-state index in [0.717, 1.165) is 23.0 Å². The lowest BCUT2D eigenvalue weighted by Crippen LogP contribution is -2.51. The molecule has 0 amide bonds. The second-order valence-electron chi connectivity index (χ2n) is 5.78. The molecule has 0 aromatic heterocycles. The van der Waals surface area contributed by atoms with Crippen molar-refractivity contribution in [2.75, 3.05) is 12.4 Å². The smallest absolute Gasteiger partial charge is 0.331 e. The van der Waals surface area contributed by atoms with Crippen LogP contribution in [-0.4, -0.2) is 18.6 Å². The lowest BCUT2D eigenvalue weighted by atomic mass is 9.75. The van der Waals surface area contributed by atoms with Gasteiger partial charge in [0.15, 0.2) is 0 Å². The number of methoxy groups -OCH3 is 1. The Balaban J connectivity index is 2.26. The predicted octanol–water partition coefficient (Wildman–Crippen LogP) is 5.03. The van der Waals surface area contributed by atoms with E-state index in [9.17, 15) is 4.79 Å². The van der Waals surface area contributed by atoms with Crippen LogP contribution in [0.15, 0.2) is 22.7 Å². The van der Waals surface area contributed by atoms with Gasteiger partial charge in [-0.05, 0) is 59.8 Å². The highest BCUT2D eigenvalue weighted by molar-refractivity contribution is 9.10. The van der Waals surface area contributed by atoms with Crippen LogP contribution in [0.5, 0.6) is 0 Å².